The molecule has 1 saturated heterocycles. The van der Waals surface area contributed by atoms with E-state index in [0.29, 0.717) is 19.6 Å². The van der Waals surface area contributed by atoms with Gasteiger partial charge in [0.05, 0.1) is 13.1 Å². The fraction of sp³-hybridized carbons (Fsp3) is 0.667. The predicted octanol–water partition coefficient (Wildman–Crippen LogP) is 2.08. The van der Waals surface area contributed by atoms with E-state index in [-0.39, 0.29) is 23.7 Å². The minimum absolute atomic E-state index is 0.0499. The van der Waals surface area contributed by atoms with Crippen LogP contribution in [0, 0.1) is 0 Å². The van der Waals surface area contributed by atoms with Crippen molar-refractivity contribution in [2.75, 3.05) is 33.9 Å². The average Bonchev–Trinajstić information content (AvgIpc) is 3.13. The van der Waals surface area contributed by atoms with Gasteiger partial charge in [-0.2, -0.15) is 0 Å². The number of hydrogen-bond donors (Lipinski definition) is 1. The van der Waals surface area contributed by atoms with Gasteiger partial charge in [-0.15, -0.1) is 11.3 Å². The lowest BCUT2D eigenvalue weighted by atomic mass is 9.91. The molecule has 0 unspecified atom stereocenters. The lowest BCUT2D eigenvalue weighted by molar-refractivity contribution is -0.00461. The Hall–Kier alpha value is -1.11. The number of carbonyl (C=O) groups is 1. The molecule has 0 aliphatic carbocycles. The van der Waals surface area contributed by atoms with Crippen molar-refractivity contribution in [1.82, 2.24) is 10.2 Å². The highest BCUT2D eigenvalue weighted by Crippen LogP contribution is 2.26. The van der Waals surface area contributed by atoms with E-state index in [0.717, 1.165) is 0 Å². The topological polar surface area (TPSA) is 50.8 Å². The first-order chi connectivity index (χ1) is 9.97. The summed E-state index contributed by atoms with van der Waals surface area (Å²) in [5.41, 5.74) is -0.0646. The van der Waals surface area contributed by atoms with Gasteiger partial charge < -0.3 is 19.7 Å². The van der Waals surface area contributed by atoms with Crippen molar-refractivity contribution in [2.24, 2.45) is 0 Å². The lowest BCUT2D eigenvalue weighted by Crippen LogP contribution is -2.44. The number of methoxy groups -OCH3 is 2. The van der Waals surface area contributed by atoms with Crippen molar-refractivity contribution in [3.8, 4) is 0 Å². The molecular formula is C15H24N2O3S. The molecule has 2 atom stereocenters. The van der Waals surface area contributed by atoms with Crippen LogP contribution in [0.15, 0.2) is 17.5 Å². The molecule has 1 aromatic rings. The number of ether oxygens (including phenoxy) is 2. The molecule has 118 valence electrons. The Morgan fingerprint density at radius 2 is 2.00 bits per heavy atom. The molecule has 0 radical (unpaired) electrons. The standard InChI is InChI=1S/C15H24N2O3S/c1-15(2,13-6-5-7-21-13)10-16-14(18)17-8-11(19-3)12(9-17)20-4/h5-7,11-12H,8-10H2,1-4H3,(H,16,18)/t11-,12+. The number of likely N-dealkylation sites (tertiary alicyclic amines) is 1. The summed E-state index contributed by atoms with van der Waals surface area (Å²) in [5, 5.41) is 5.09. The molecular weight excluding hydrogens is 288 g/mol. The summed E-state index contributed by atoms with van der Waals surface area (Å²) < 4.78 is 10.7. The number of thiophene rings is 1. The van der Waals surface area contributed by atoms with Gasteiger partial charge in [0.1, 0.15) is 12.2 Å². The Balaban J connectivity index is 1.88. The zero-order valence-electron chi connectivity index (χ0n) is 13.1. The number of rotatable bonds is 5. The van der Waals surface area contributed by atoms with E-state index < -0.39 is 0 Å². The summed E-state index contributed by atoms with van der Waals surface area (Å²) >= 11 is 1.72. The van der Waals surface area contributed by atoms with Gasteiger partial charge in [-0.25, -0.2) is 4.79 Å². The summed E-state index contributed by atoms with van der Waals surface area (Å²) in [6, 6.07) is 4.09. The van der Waals surface area contributed by atoms with Crippen molar-refractivity contribution in [3.05, 3.63) is 22.4 Å². The van der Waals surface area contributed by atoms with Crippen LogP contribution in [0.25, 0.3) is 0 Å². The number of amides is 2. The molecule has 6 heteroatoms. The highest BCUT2D eigenvalue weighted by Gasteiger charge is 2.36. The third-order valence-corrected chi connectivity index (χ3v) is 5.21. The normalized spacial score (nSPS) is 22.6. The van der Waals surface area contributed by atoms with Gasteiger partial charge in [-0.1, -0.05) is 19.9 Å². The lowest BCUT2D eigenvalue weighted by Gasteiger charge is -2.25. The minimum atomic E-state index is -0.0646. The quantitative estimate of drug-likeness (QED) is 0.905. The molecule has 2 heterocycles. The Labute approximate surface area is 130 Å². The third kappa shape index (κ3) is 3.75. The first-order valence-electron chi connectivity index (χ1n) is 7.10. The van der Waals surface area contributed by atoms with E-state index in [1.807, 2.05) is 6.07 Å². The summed E-state index contributed by atoms with van der Waals surface area (Å²) in [4.78, 5) is 15.3. The minimum Gasteiger partial charge on any atom is -0.377 e. The van der Waals surface area contributed by atoms with E-state index in [2.05, 4.69) is 30.6 Å². The Morgan fingerprint density at radius 3 is 2.48 bits per heavy atom. The monoisotopic (exact) mass is 312 g/mol. The third-order valence-electron chi connectivity index (χ3n) is 3.98. The molecule has 1 N–H and O–H groups in total. The van der Waals surface area contributed by atoms with Crippen LogP contribution in [0.3, 0.4) is 0 Å². The van der Waals surface area contributed by atoms with Crippen molar-refractivity contribution in [2.45, 2.75) is 31.5 Å². The molecule has 0 bridgehead atoms. The largest absolute Gasteiger partial charge is 0.377 e. The molecule has 1 aliphatic rings. The van der Waals surface area contributed by atoms with Crippen LogP contribution in [0.4, 0.5) is 4.79 Å². The van der Waals surface area contributed by atoms with Gasteiger partial charge in [0.25, 0.3) is 0 Å². The fourth-order valence-corrected chi connectivity index (χ4v) is 3.37. The molecule has 2 rings (SSSR count). The number of nitrogens with zero attached hydrogens (tertiary/aromatic N) is 1. The van der Waals surface area contributed by atoms with Gasteiger partial charge >= 0.3 is 6.03 Å². The highest BCUT2D eigenvalue weighted by molar-refractivity contribution is 7.10. The predicted molar refractivity (Wildman–Crippen MR) is 83.9 cm³/mol. The summed E-state index contributed by atoms with van der Waals surface area (Å²) in [5.74, 6) is 0. The van der Waals surface area contributed by atoms with Crippen LogP contribution in [0.5, 0.6) is 0 Å². The molecule has 1 aromatic heterocycles. The number of hydrogen-bond acceptors (Lipinski definition) is 4. The number of urea groups is 1. The average molecular weight is 312 g/mol. The highest BCUT2D eigenvalue weighted by atomic mass is 32.1. The molecule has 1 aliphatic heterocycles. The summed E-state index contributed by atoms with van der Waals surface area (Å²) in [6.07, 6.45) is -0.0999. The SMILES string of the molecule is CO[C@H]1CN(C(=O)NCC(C)(C)c2cccs2)C[C@H]1OC. The van der Waals surface area contributed by atoms with Gasteiger partial charge in [0.15, 0.2) is 0 Å². The van der Waals surface area contributed by atoms with Gasteiger partial charge in [0, 0.05) is 31.1 Å². The van der Waals surface area contributed by atoms with Crippen molar-refractivity contribution in [1.29, 1.82) is 0 Å². The maximum absolute atomic E-state index is 12.3. The van der Waals surface area contributed by atoms with Gasteiger partial charge in [-0.05, 0) is 11.4 Å². The van der Waals surface area contributed by atoms with E-state index >= 15 is 0 Å². The fourth-order valence-electron chi connectivity index (χ4n) is 2.52. The molecule has 21 heavy (non-hydrogen) atoms. The number of nitrogens with one attached hydrogen (secondary N) is 1. The molecule has 5 nitrogen and oxygen atoms in total. The Bertz CT molecular complexity index is 449. The van der Waals surface area contributed by atoms with Gasteiger partial charge in [-0.3, -0.25) is 0 Å². The molecule has 0 aromatic carbocycles. The Morgan fingerprint density at radius 1 is 1.38 bits per heavy atom. The number of carbonyl (C=O) groups excluding carboxylic acids is 1. The van der Waals surface area contributed by atoms with E-state index in [1.54, 1.807) is 30.5 Å². The zero-order chi connectivity index (χ0) is 15.5. The maximum Gasteiger partial charge on any atom is 0.317 e. The Kier molecular flexibility index (Phi) is 5.24. The van der Waals surface area contributed by atoms with Gasteiger partial charge in [0.2, 0.25) is 0 Å². The van der Waals surface area contributed by atoms with Crippen LogP contribution >= 0.6 is 11.3 Å². The van der Waals surface area contributed by atoms with Crippen LogP contribution in [-0.2, 0) is 14.9 Å². The van der Waals surface area contributed by atoms with Crippen molar-refractivity contribution >= 4 is 17.4 Å². The molecule has 1 fully saturated rings. The van der Waals surface area contributed by atoms with Crippen LogP contribution in [-0.4, -0.2) is 57.0 Å². The summed E-state index contributed by atoms with van der Waals surface area (Å²) in [7, 11) is 3.30. The first kappa shape index (κ1) is 16.3. The molecule has 0 spiro atoms. The molecule has 2 amide bonds. The van der Waals surface area contributed by atoms with Crippen molar-refractivity contribution < 1.29 is 14.3 Å². The van der Waals surface area contributed by atoms with E-state index in [1.165, 1.54) is 4.88 Å². The second-order valence-corrected chi connectivity index (χ2v) is 6.92. The second kappa shape index (κ2) is 6.77. The van der Waals surface area contributed by atoms with Crippen LogP contribution in [0.1, 0.15) is 18.7 Å². The van der Waals surface area contributed by atoms with Crippen LogP contribution in [0.2, 0.25) is 0 Å². The maximum atomic E-state index is 12.3. The van der Waals surface area contributed by atoms with E-state index in [9.17, 15) is 4.79 Å². The van der Waals surface area contributed by atoms with Crippen LogP contribution < -0.4 is 5.32 Å². The summed E-state index contributed by atoms with van der Waals surface area (Å²) in [6.45, 7) is 6.02. The zero-order valence-corrected chi connectivity index (χ0v) is 13.9. The smallest absolute Gasteiger partial charge is 0.317 e. The van der Waals surface area contributed by atoms with Crippen molar-refractivity contribution in [3.63, 3.8) is 0 Å². The van der Waals surface area contributed by atoms with E-state index in [4.69, 9.17) is 9.47 Å². The second-order valence-electron chi connectivity index (χ2n) is 5.97. The molecule has 0 saturated carbocycles. The first-order valence-corrected chi connectivity index (χ1v) is 7.98.